The van der Waals surface area contributed by atoms with Crippen molar-refractivity contribution in [3.63, 3.8) is 0 Å². The molecular formula is C20H24N4O4. The summed E-state index contributed by atoms with van der Waals surface area (Å²) in [5.74, 6) is 0.342. The van der Waals surface area contributed by atoms with Crippen molar-refractivity contribution in [2.24, 2.45) is 0 Å². The smallest absolute Gasteiger partial charge is 0.338 e. The van der Waals surface area contributed by atoms with Crippen LogP contribution in [0.1, 0.15) is 46.4 Å². The highest BCUT2D eigenvalue weighted by molar-refractivity contribution is 6.03. The van der Waals surface area contributed by atoms with Crippen molar-refractivity contribution < 1.29 is 19.1 Å². The lowest BCUT2D eigenvalue weighted by molar-refractivity contribution is 0.0526. The Hall–Kier alpha value is -3.00. The van der Waals surface area contributed by atoms with Crippen LogP contribution in [0.3, 0.4) is 0 Å². The van der Waals surface area contributed by atoms with E-state index in [1.165, 1.54) is 0 Å². The minimum absolute atomic E-state index is 0.172. The van der Waals surface area contributed by atoms with Gasteiger partial charge in [0.2, 0.25) is 0 Å². The highest BCUT2D eigenvalue weighted by Gasteiger charge is 2.16. The van der Waals surface area contributed by atoms with Gasteiger partial charge in [0.15, 0.2) is 0 Å². The third-order valence-electron chi connectivity index (χ3n) is 4.26. The Morgan fingerprint density at radius 2 is 2.04 bits per heavy atom. The summed E-state index contributed by atoms with van der Waals surface area (Å²) in [4.78, 5) is 32.8. The van der Waals surface area contributed by atoms with Gasteiger partial charge in [0, 0.05) is 24.9 Å². The molecule has 2 aromatic rings. The molecule has 1 fully saturated rings. The van der Waals surface area contributed by atoms with Gasteiger partial charge in [0.25, 0.3) is 5.91 Å². The maximum atomic E-state index is 12.6. The number of hydrogen-bond donors (Lipinski definition) is 2. The Balaban J connectivity index is 1.63. The van der Waals surface area contributed by atoms with Crippen LogP contribution in [0.25, 0.3) is 0 Å². The molecule has 1 atom stereocenters. The molecule has 0 spiro atoms. The average Bonchev–Trinajstić information content (AvgIpc) is 3.20. The molecular weight excluding hydrogens is 360 g/mol. The van der Waals surface area contributed by atoms with E-state index in [-0.39, 0.29) is 17.7 Å². The van der Waals surface area contributed by atoms with Crippen LogP contribution >= 0.6 is 0 Å². The van der Waals surface area contributed by atoms with Crippen LogP contribution in [0.5, 0.6) is 0 Å². The van der Waals surface area contributed by atoms with Gasteiger partial charge in [0.05, 0.1) is 18.3 Å². The van der Waals surface area contributed by atoms with E-state index in [2.05, 4.69) is 20.6 Å². The zero-order valence-corrected chi connectivity index (χ0v) is 16.0. The number of amides is 1. The van der Waals surface area contributed by atoms with Crippen molar-refractivity contribution in [1.29, 1.82) is 0 Å². The van der Waals surface area contributed by atoms with Crippen LogP contribution < -0.4 is 10.6 Å². The van der Waals surface area contributed by atoms with Crippen LogP contribution in [-0.4, -0.2) is 47.7 Å². The summed E-state index contributed by atoms with van der Waals surface area (Å²) in [6.45, 7) is 5.24. The molecule has 3 rings (SSSR count). The Morgan fingerprint density at radius 3 is 2.71 bits per heavy atom. The summed E-state index contributed by atoms with van der Waals surface area (Å²) in [5, 5.41) is 5.99. The van der Waals surface area contributed by atoms with Crippen molar-refractivity contribution >= 4 is 23.4 Å². The van der Waals surface area contributed by atoms with Crippen molar-refractivity contribution in [3.8, 4) is 0 Å². The standard InChI is InChI=1S/C20H24N4O4/c1-3-27-20(26)14-6-8-15(9-7-14)24-19(25)17-11-18(23-13(2)22-17)21-12-16-5-4-10-28-16/h6-9,11,16H,3-5,10,12H2,1-2H3,(H,24,25)(H,21,22,23). The van der Waals surface area contributed by atoms with Gasteiger partial charge in [-0.3, -0.25) is 4.79 Å². The predicted molar refractivity (Wildman–Crippen MR) is 105 cm³/mol. The number of aryl methyl sites for hydroxylation is 1. The summed E-state index contributed by atoms with van der Waals surface area (Å²) in [7, 11) is 0. The van der Waals surface area contributed by atoms with Gasteiger partial charge >= 0.3 is 5.97 Å². The highest BCUT2D eigenvalue weighted by atomic mass is 16.5. The first kappa shape index (κ1) is 19.8. The molecule has 1 saturated heterocycles. The predicted octanol–water partition coefficient (Wildman–Crippen LogP) is 2.80. The molecule has 1 aliphatic rings. The van der Waals surface area contributed by atoms with Gasteiger partial charge in [-0.15, -0.1) is 0 Å². The minimum Gasteiger partial charge on any atom is -0.462 e. The van der Waals surface area contributed by atoms with E-state index in [9.17, 15) is 9.59 Å². The van der Waals surface area contributed by atoms with Crippen LogP contribution in [0.15, 0.2) is 30.3 Å². The largest absolute Gasteiger partial charge is 0.462 e. The molecule has 2 heterocycles. The van der Waals surface area contributed by atoms with Crippen molar-refractivity contribution in [3.05, 3.63) is 47.4 Å². The lowest BCUT2D eigenvalue weighted by Gasteiger charge is -2.12. The van der Waals surface area contributed by atoms with Gasteiger partial charge in [-0.2, -0.15) is 0 Å². The number of anilines is 2. The number of hydrogen-bond acceptors (Lipinski definition) is 7. The second-order valence-corrected chi connectivity index (χ2v) is 6.45. The van der Waals surface area contributed by atoms with E-state index >= 15 is 0 Å². The highest BCUT2D eigenvalue weighted by Crippen LogP contribution is 2.15. The first-order valence-corrected chi connectivity index (χ1v) is 9.35. The summed E-state index contributed by atoms with van der Waals surface area (Å²) in [5.41, 5.74) is 1.25. The number of esters is 1. The Bertz CT molecular complexity index is 833. The molecule has 8 nitrogen and oxygen atoms in total. The molecule has 8 heteroatoms. The molecule has 1 amide bonds. The number of nitrogens with one attached hydrogen (secondary N) is 2. The molecule has 0 saturated carbocycles. The maximum Gasteiger partial charge on any atom is 0.338 e. The van der Waals surface area contributed by atoms with Crippen molar-refractivity contribution in [2.75, 3.05) is 30.4 Å². The lowest BCUT2D eigenvalue weighted by atomic mass is 10.2. The van der Waals surface area contributed by atoms with Crippen molar-refractivity contribution in [2.45, 2.75) is 32.8 Å². The first-order valence-electron chi connectivity index (χ1n) is 9.35. The van der Waals surface area contributed by atoms with Gasteiger partial charge in [0.1, 0.15) is 17.3 Å². The fraction of sp³-hybridized carbons (Fsp3) is 0.400. The number of benzene rings is 1. The first-order chi connectivity index (χ1) is 13.5. The molecule has 148 valence electrons. The van der Waals surface area contributed by atoms with Gasteiger partial charge in [-0.25, -0.2) is 14.8 Å². The molecule has 0 radical (unpaired) electrons. The van der Waals surface area contributed by atoms with Gasteiger partial charge in [-0.05, 0) is 51.0 Å². The van der Waals surface area contributed by atoms with E-state index in [4.69, 9.17) is 9.47 Å². The van der Waals surface area contributed by atoms with E-state index < -0.39 is 5.97 Å². The second-order valence-electron chi connectivity index (χ2n) is 6.45. The van der Waals surface area contributed by atoms with E-state index in [0.717, 1.165) is 19.4 Å². The Labute approximate surface area is 163 Å². The normalized spacial score (nSPS) is 15.9. The quantitative estimate of drug-likeness (QED) is 0.708. The van der Waals surface area contributed by atoms with Crippen LogP contribution in [0, 0.1) is 6.92 Å². The molecule has 2 N–H and O–H groups in total. The zero-order valence-electron chi connectivity index (χ0n) is 16.0. The summed E-state index contributed by atoms with van der Waals surface area (Å²) in [6.07, 6.45) is 2.26. The molecule has 1 aliphatic heterocycles. The molecule has 28 heavy (non-hydrogen) atoms. The number of carbonyl (C=O) groups excluding carboxylic acids is 2. The number of ether oxygens (including phenoxy) is 2. The fourth-order valence-corrected chi connectivity index (χ4v) is 2.90. The Morgan fingerprint density at radius 1 is 1.25 bits per heavy atom. The molecule has 0 aliphatic carbocycles. The SMILES string of the molecule is CCOC(=O)c1ccc(NC(=O)c2cc(NCC3CCCO3)nc(C)n2)cc1. The summed E-state index contributed by atoms with van der Waals surface area (Å²) in [6, 6.07) is 8.12. The van der Waals surface area contributed by atoms with Crippen LogP contribution in [-0.2, 0) is 9.47 Å². The molecule has 0 bridgehead atoms. The van der Waals surface area contributed by atoms with E-state index in [1.807, 2.05) is 0 Å². The van der Waals surface area contributed by atoms with E-state index in [1.54, 1.807) is 44.2 Å². The van der Waals surface area contributed by atoms with Gasteiger partial charge < -0.3 is 20.1 Å². The molecule has 1 aromatic carbocycles. The minimum atomic E-state index is -0.395. The zero-order chi connectivity index (χ0) is 19.9. The third kappa shape index (κ3) is 5.26. The van der Waals surface area contributed by atoms with Crippen molar-refractivity contribution in [1.82, 2.24) is 9.97 Å². The number of rotatable bonds is 7. The average molecular weight is 384 g/mol. The van der Waals surface area contributed by atoms with E-state index in [0.29, 0.717) is 36.0 Å². The Kier molecular flexibility index (Phi) is 6.54. The lowest BCUT2D eigenvalue weighted by Crippen LogP contribution is -2.20. The maximum absolute atomic E-state index is 12.6. The fourth-order valence-electron chi connectivity index (χ4n) is 2.90. The monoisotopic (exact) mass is 384 g/mol. The van der Waals surface area contributed by atoms with Gasteiger partial charge in [-0.1, -0.05) is 0 Å². The third-order valence-corrected chi connectivity index (χ3v) is 4.26. The summed E-state index contributed by atoms with van der Waals surface area (Å²) < 4.78 is 10.5. The number of nitrogens with zero attached hydrogens (tertiary/aromatic N) is 2. The topological polar surface area (TPSA) is 102 Å². The van der Waals surface area contributed by atoms with Crippen LogP contribution in [0.4, 0.5) is 11.5 Å². The number of carbonyl (C=O) groups is 2. The second kappa shape index (κ2) is 9.27. The molecule has 1 unspecified atom stereocenters. The summed E-state index contributed by atoms with van der Waals surface area (Å²) >= 11 is 0. The number of aromatic nitrogens is 2. The molecule has 1 aromatic heterocycles. The van der Waals surface area contributed by atoms with Crippen LogP contribution in [0.2, 0.25) is 0 Å².